The summed E-state index contributed by atoms with van der Waals surface area (Å²) in [5.41, 5.74) is 2.46. The maximum Gasteiger partial charge on any atom is 0.142 e. The van der Waals surface area contributed by atoms with Crippen molar-refractivity contribution in [3.8, 4) is 5.75 Å². The molecule has 1 N–H and O–H groups in total. The minimum atomic E-state index is 0. The molecule has 0 fully saturated rings. The standard InChI is InChI=1S/C20H23N3OS.ClH/c1-12(2)24-15-7-5-14(6-8-15)23-19-18-16-9-4-13(3)10-17(16)25-20(18)22-11-21-19;/h5-8,11-13H,4,9-10H2,1-3H3,(H,21,22,23);1H. The van der Waals surface area contributed by atoms with Gasteiger partial charge < -0.3 is 10.1 Å². The Labute approximate surface area is 164 Å². The molecule has 2 aromatic heterocycles. The summed E-state index contributed by atoms with van der Waals surface area (Å²) in [7, 11) is 0. The Bertz CT molecular complexity index is 892. The van der Waals surface area contributed by atoms with E-state index in [1.54, 1.807) is 6.33 Å². The summed E-state index contributed by atoms with van der Waals surface area (Å²) >= 11 is 1.83. The van der Waals surface area contributed by atoms with Gasteiger partial charge in [0.15, 0.2) is 0 Å². The third-order valence-corrected chi connectivity index (χ3v) is 5.74. The van der Waals surface area contributed by atoms with Gasteiger partial charge in [-0.2, -0.15) is 0 Å². The highest BCUT2D eigenvalue weighted by Gasteiger charge is 2.23. The molecule has 1 aliphatic carbocycles. The Hall–Kier alpha value is -1.85. The van der Waals surface area contributed by atoms with Crippen LogP contribution in [-0.4, -0.2) is 16.1 Å². The molecule has 0 radical (unpaired) electrons. The van der Waals surface area contributed by atoms with E-state index >= 15 is 0 Å². The Balaban J connectivity index is 0.00000196. The van der Waals surface area contributed by atoms with Gasteiger partial charge in [-0.3, -0.25) is 0 Å². The molecule has 0 bridgehead atoms. The molecule has 0 saturated heterocycles. The van der Waals surface area contributed by atoms with E-state index < -0.39 is 0 Å². The highest BCUT2D eigenvalue weighted by molar-refractivity contribution is 7.19. The van der Waals surface area contributed by atoms with Crippen LogP contribution in [0.5, 0.6) is 5.75 Å². The van der Waals surface area contributed by atoms with Crippen molar-refractivity contribution in [2.75, 3.05) is 5.32 Å². The van der Waals surface area contributed by atoms with E-state index in [0.29, 0.717) is 0 Å². The van der Waals surface area contributed by atoms with Crippen molar-refractivity contribution in [3.63, 3.8) is 0 Å². The number of benzene rings is 1. The molecule has 4 rings (SSSR count). The largest absolute Gasteiger partial charge is 0.491 e. The fraction of sp³-hybridized carbons (Fsp3) is 0.400. The first-order valence-electron chi connectivity index (χ1n) is 8.89. The third kappa shape index (κ3) is 3.79. The number of aryl methyl sites for hydroxylation is 1. The SMILES string of the molecule is CC1CCc2c(sc3ncnc(Nc4ccc(OC(C)C)cc4)c23)C1.Cl. The van der Waals surface area contributed by atoms with Crippen LogP contribution in [0.4, 0.5) is 11.5 Å². The van der Waals surface area contributed by atoms with Crippen molar-refractivity contribution >= 4 is 45.5 Å². The Kier molecular flexibility index (Phi) is 5.68. The summed E-state index contributed by atoms with van der Waals surface area (Å²) in [6.45, 7) is 6.40. The average molecular weight is 390 g/mol. The predicted molar refractivity (Wildman–Crippen MR) is 111 cm³/mol. The van der Waals surface area contributed by atoms with Gasteiger partial charge in [-0.15, -0.1) is 23.7 Å². The summed E-state index contributed by atoms with van der Waals surface area (Å²) in [6.07, 6.45) is 5.37. The van der Waals surface area contributed by atoms with Gasteiger partial charge in [0.2, 0.25) is 0 Å². The van der Waals surface area contributed by atoms with E-state index in [4.69, 9.17) is 4.74 Å². The second-order valence-corrected chi connectivity index (χ2v) is 8.15. The van der Waals surface area contributed by atoms with Gasteiger partial charge in [-0.05, 0) is 68.9 Å². The molecular formula is C20H24ClN3OS. The lowest BCUT2D eigenvalue weighted by Crippen LogP contribution is -2.09. The van der Waals surface area contributed by atoms with Gasteiger partial charge in [-0.1, -0.05) is 6.92 Å². The molecule has 1 unspecified atom stereocenters. The normalized spacial score (nSPS) is 16.2. The first-order chi connectivity index (χ1) is 12.1. The summed E-state index contributed by atoms with van der Waals surface area (Å²) in [4.78, 5) is 11.6. The van der Waals surface area contributed by atoms with Crippen molar-refractivity contribution in [2.24, 2.45) is 5.92 Å². The summed E-state index contributed by atoms with van der Waals surface area (Å²) in [5.74, 6) is 2.56. The molecule has 2 heterocycles. The summed E-state index contributed by atoms with van der Waals surface area (Å²) in [6, 6.07) is 8.05. The molecule has 6 heteroatoms. The zero-order valence-electron chi connectivity index (χ0n) is 15.3. The lowest BCUT2D eigenvalue weighted by atomic mass is 9.89. The van der Waals surface area contributed by atoms with Crippen LogP contribution in [0.1, 0.15) is 37.6 Å². The van der Waals surface area contributed by atoms with Gasteiger partial charge >= 0.3 is 0 Å². The van der Waals surface area contributed by atoms with E-state index in [0.717, 1.165) is 40.8 Å². The predicted octanol–water partition coefficient (Wildman–Crippen LogP) is 5.77. The van der Waals surface area contributed by atoms with E-state index in [9.17, 15) is 0 Å². The number of fused-ring (bicyclic) bond motifs is 3. The number of ether oxygens (including phenoxy) is 1. The molecule has 0 aliphatic heterocycles. The molecule has 0 saturated carbocycles. The van der Waals surface area contributed by atoms with Gasteiger partial charge in [0.05, 0.1) is 11.5 Å². The maximum atomic E-state index is 5.71. The van der Waals surface area contributed by atoms with Crippen LogP contribution < -0.4 is 10.1 Å². The van der Waals surface area contributed by atoms with Crippen molar-refractivity contribution in [1.29, 1.82) is 0 Å². The quantitative estimate of drug-likeness (QED) is 0.615. The first-order valence-corrected chi connectivity index (χ1v) is 9.71. The molecule has 138 valence electrons. The van der Waals surface area contributed by atoms with Crippen LogP contribution in [0.25, 0.3) is 10.2 Å². The molecule has 4 nitrogen and oxygen atoms in total. The summed E-state index contributed by atoms with van der Waals surface area (Å²) < 4.78 is 5.71. The van der Waals surface area contributed by atoms with Crippen LogP contribution in [0.3, 0.4) is 0 Å². The van der Waals surface area contributed by atoms with Crippen LogP contribution in [0, 0.1) is 5.92 Å². The maximum absolute atomic E-state index is 5.71. The molecule has 1 aromatic carbocycles. The lowest BCUT2D eigenvalue weighted by Gasteiger charge is -2.18. The van der Waals surface area contributed by atoms with Crippen LogP contribution in [0.2, 0.25) is 0 Å². The molecule has 0 spiro atoms. The smallest absolute Gasteiger partial charge is 0.142 e. The fourth-order valence-corrected chi connectivity index (χ4v) is 4.75. The highest BCUT2D eigenvalue weighted by atomic mass is 35.5. The van der Waals surface area contributed by atoms with Gasteiger partial charge in [0.1, 0.15) is 22.7 Å². The average Bonchev–Trinajstić information content (AvgIpc) is 2.94. The monoisotopic (exact) mass is 389 g/mol. The first kappa shape index (κ1) is 18.9. The van der Waals surface area contributed by atoms with Crippen LogP contribution >= 0.6 is 23.7 Å². The number of nitrogens with one attached hydrogen (secondary N) is 1. The van der Waals surface area contributed by atoms with Crippen LogP contribution in [-0.2, 0) is 12.8 Å². The van der Waals surface area contributed by atoms with Crippen molar-refractivity contribution < 1.29 is 4.74 Å². The number of anilines is 2. The van der Waals surface area contributed by atoms with E-state index in [2.05, 4.69) is 22.2 Å². The number of hydrogen-bond donors (Lipinski definition) is 1. The van der Waals surface area contributed by atoms with E-state index in [1.165, 1.54) is 22.2 Å². The Morgan fingerprint density at radius 3 is 2.69 bits per heavy atom. The summed E-state index contributed by atoms with van der Waals surface area (Å²) in [5, 5.41) is 4.68. The van der Waals surface area contributed by atoms with Gasteiger partial charge in [0, 0.05) is 10.6 Å². The molecule has 3 aromatic rings. The van der Waals surface area contributed by atoms with Gasteiger partial charge in [-0.25, -0.2) is 9.97 Å². The highest BCUT2D eigenvalue weighted by Crippen LogP contribution is 2.40. The Morgan fingerprint density at radius 1 is 1.19 bits per heavy atom. The number of hydrogen-bond acceptors (Lipinski definition) is 5. The molecule has 0 amide bonds. The minimum absolute atomic E-state index is 0. The van der Waals surface area contributed by atoms with Crippen molar-refractivity contribution in [1.82, 2.24) is 9.97 Å². The molecule has 1 aliphatic rings. The number of nitrogens with zero attached hydrogens (tertiary/aromatic N) is 2. The lowest BCUT2D eigenvalue weighted by molar-refractivity contribution is 0.242. The topological polar surface area (TPSA) is 47.0 Å². The molecular weight excluding hydrogens is 366 g/mol. The van der Waals surface area contributed by atoms with Crippen molar-refractivity contribution in [2.45, 2.75) is 46.1 Å². The van der Waals surface area contributed by atoms with E-state index in [1.807, 2.05) is 49.4 Å². The van der Waals surface area contributed by atoms with Gasteiger partial charge in [0.25, 0.3) is 0 Å². The minimum Gasteiger partial charge on any atom is -0.491 e. The molecule has 26 heavy (non-hydrogen) atoms. The van der Waals surface area contributed by atoms with Crippen molar-refractivity contribution in [3.05, 3.63) is 41.0 Å². The second kappa shape index (κ2) is 7.80. The Morgan fingerprint density at radius 2 is 1.96 bits per heavy atom. The number of rotatable bonds is 4. The zero-order valence-corrected chi connectivity index (χ0v) is 16.9. The number of halogens is 1. The number of aromatic nitrogens is 2. The molecule has 1 atom stereocenters. The van der Waals surface area contributed by atoms with Crippen LogP contribution in [0.15, 0.2) is 30.6 Å². The number of thiophene rings is 1. The fourth-order valence-electron chi connectivity index (χ4n) is 3.40. The second-order valence-electron chi connectivity index (χ2n) is 7.07. The third-order valence-electron chi connectivity index (χ3n) is 4.58. The van der Waals surface area contributed by atoms with E-state index in [-0.39, 0.29) is 18.5 Å². The zero-order chi connectivity index (χ0) is 17.4.